The van der Waals surface area contributed by atoms with E-state index in [4.69, 9.17) is 39.5 Å². The van der Waals surface area contributed by atoms with Gasteiger partial charge in [-0.15, -0.1) is 0 Å². The molecule has 1 heterocycles. The fourth-order valence-electron chi connectivity index (χ4n) is 3.16. The van der Waals surface area contributed by atoms with Gasteiger partial charge in [0.05, 0.1) is 16.6 Å². The number of ether oxygens (including phenoxy) is 1. The first-order valence-corrected chi connectivity index (χ1v) is 11.3. The van der Waals surface area contributed by atoms with Crippen LogP contribution in [0.25, 0.3) is 0 Å². The smallest absolute Gasteiger partial charge is 0.256 e. The summed E-state index contributed by atoms with van der Waals surface area (Å²) in [7, 11) is 0. The van der Waals surface area contributed by atoms with Crippen molar-refractivity contribution < 1.29 is 9.53 Å². The zero-order chi connectivity index (χ0) is 23.4. The zero-order valence-corrected chi connectivity index (χ0v) is 20.0. The first-order chi connectivity index (χ1) is 15.9. The zero-order valence-electron chi connectivity index (χ0n) is 17.7. The first-order valence-electron chi connectivity index (χ1n) is 10.1. The molecule has 0 bridgehead atoms. The molecule has 3 aromatic carbocycles. The lowest BCUT2D eigenvalue weighted by atomic mass is 10.1. The van der Waals surface area contributed by atoms with Crippen LogP contribution in [-0.2, 0) is 13.2 Å². The van der Waals surface area contributed by atoms with E-state index in [-0.39, 0.29) is 5.91 Å². The number of nitrogens with zero attached hydrogens (tertiary/aromatic N) is 2. The molecule has 0 fully saturated rings. The Morgan fingerprint density at radius 2 is 1.64 bits per heavy atom. The van der Waals surface area contributed by atoms with Crippen molar-refractivity contribution in [2.45, 2.75) is 20.1 Å². The number of halogens is 3. The van der Waals surface area contributed by atoms with E-state index in [1.807, 2.05) is 43.3 Å². The Balaban J connectivity index is 1.33. The van der Waals surface area contributed by atoms with E-state index in [1.165, 1.54) is 0 Å². The number of hydrogen-bond donors (Lipinski definition) is 1. The van der Waals surface area contributed by atoms with Crippen LogP contribution in [0.2, 0.25) is 15.1 Å². The van der Waals surface area contributed by atoms with Gasteiger partial charge in [-0.25, -0.2) is 0 Å². The minimum atomic E-state index is -0.240. The minimum Gasteiger partial charge on any atom is -0.489 e. The molecule has 4 rings (SSSR count). The van der Waals surface area contributed by atoms with Crippen LogP contribution in [0, 0.1) is 6.92 Å². The van der Waals surface area contributed by atoms with Crippen LogP contribution in [0.4, 0.5) is 5.82 Å². The quantitative estimate of drug-likeness (QED) is 0.296. The Morgan fingerprint density at radius 1 is 0.909 bits per heavy atom. The Morgan fingerprint density at radius 3 is 2.36 bits per heavy atom. The summed E-state index contributed by atoms with van der Waals surface area (Å²) in [6.45, 7) is 2.83. The monoisotopic (exact) mass is 499 g/mol. The van der Waals surface area contributed by atoms with Gasteiger partial charge >= 0.3 is 0 Å². The number of aryl methyl sites for hydroxylation is 1. The number of nitrogens with one attached hydrogen (secondary N) is 1. The highest BCUT2D eigenvalue weighted by Crippen LogP contribution is 2.23. The van der Waals surface area contributed by atoms with Crippen molar-refractivity contribution in [3.63, 3.8) is 0 Å². The SMILES string of the molecule is Cc1cc(OCc2ccc(C(=O)Nc3ccn(Cc4ccc(Cl)c(Cl)c4)n3)cc2)ccc1Cl. The van der Waals surface area contributed by atoms with Crippen molar-refractivity contribution in [2.24, 2.45) is 0 Å². The second kappa shape index (κ2) is 10.3. The third-order valence-corrected chi connectivity index (χ3v) is 6.12. The van der Waals surface area contributed by atoms with E-state index in [1.54, 1.807) is 41.2 Å². The van der Waals surface area contributed by atoms with Crippen molar-refractivity contribution >= 4 is 46.5 Å². The number of carbonyl (C=O) groups excluding carboxylic acids is 1. The average Bonchev–Trinajstić information content (AvgIpc) is 3.24. The van der Waals surface area contributed by atoms with Gasteiger partial charge in [0.25, 0.3) is 5.91 Å². The first kappa shape index (κ1) is 23.2. The molecule has 168 valence electrons. The predicted molar refractivity (Wildman–Crippen MR) is 133 cm³/mol. The number of amides is 1. The summed E-state index contributed by atoms with van der Waals surface area (Å²) < 4.78 is 7.52. The molecule has 0 atom stereocenters. The largest absolute Gasteiger partial charge is 0.489 e. The molecule has 1 aromatic heterocycles. The van der Waals surface area contributed by atoms with Crippen LogP contribution in [-0.4, -0.2) is 15.7 Å². The van der Waals surface area contributed by atoms with Gasteiger partial charge in [-0.2, -0.15) is 5.10 Å². The van der Waals surface area contributed by atoms with Crippen molar-refractivity contribution in [1.29, 1.82) is 0 Å². The summed E-state index contributed by atoms with van der Waals surface area (Å²) in [5.41, 5.74) is 3.39. The van der Waals surface area contributed by atoms with Crippen molar-refractivity contribution in [2.75, 3.05) is 5.32 Å². The maximum Gasteiger partial charge on any atom is 0.256 e. The highest BCUT2D eigenvalue weighted by molar-refractivity contribution is 6.42. The van der Waals surface area contributed by atoms with Crippen LogP contribution in [0.15, 0.2) is 72.9 Å². The van der Waals surface area contributed by atoms with Gasteiger partial charge in [-0.1, -0.05) is 53.0 Å². The molecule has 0 spiro atoms. The summed E-state index contributed by atoms with van der Waals surface area (Å²) in [4.78, 5) is 12.6. The van der Waals surface area contributed by atoms with Crippen molar-refractivity contribution in [3.05, 3.63) is 110 Å². The lowest BCUT2D eigenvalue weighted by molar-refractivity contribution is 0.102. The summed E-state index contributed by atoms with van der Waals surface area (Å²) in [6.07, 6.45) is 1.79. The molecular weight excluding hydrogens is 481 g/mol. The predicted octanol–water partition coefficient (Wildman–Crippen LogP) is 7.03. The fourth-order valence-corrected chi connectivity index (χ4v) is 3.59. The topological polar surface area (TPSA) is 56.1 Å². The van der Waals surface area contributed by atoms with E-state index in [0.717, 1.165) is 22.4 Å². The second-order valence-electron chi connectivity index (χ2n) is 7.50. The molecule has 4 aromatic rings. The molecule has 0 aliphatic heterocycles. The molecule has 0 unspecified atom stereocenters. The molecule has 1 N–H and O–H groups in total. The van der Waals surface area contributed by atoms with Crippen LogP contribution in [0.1, 0.15) is 27.0 Å². The van der Waals surface area contributed by atoms with Crippen molar-refractivity contribution in [3.8, 4) is 5.75 Å². The van der Waals surface area contributed by atoms with Crippen LogP contribution in [0.5, 0.6) is 5.75 Å². The molecule has 0 radical (unpaired) electrons. The molecule has 0 aliphatic rings. The summed E-state index contributed by atoms with van der Waals surface area (Å²) in [5.74, 6) is 0.969. The molecule has 1 amide bonds. The average molecular weight is 501 g/mol. The lowest BCUT2D eigenvalue weighted by Crippen LogP contribution is -2.13. The number of aromatic nitrogens is 2. The third-order valence-electron chi connectivity index (χ3n) is 4.96. The van der Waals surface area contributed by atoms with E-state index in [2.05, 4.69) is 10.4 Å². The standard InChI is InChI=1S/C25H20Cl3N3O2/c1-16-12-20(7-9-21(16)26)33-15-17-2-5-19(6-3-17)25(32)29-24-10-11-31(30-24)14-18-4-8-22(27)23(28)13-18/h2-13H,14-15H2,1H3,(H,29,30,32). The molecule has 5 nitrogen and oxygen atoms in total. The lowest BCUT2D eigenvalue weighted by Gasteiger charge is -2.09. The number of carbonyl (C=O) groups is 1. The van der Waals surface area contributed by atoms with Crippen LogP contribution < -0.4 is 10.1 Å². The van der Waals surface area contributed by atoms with E-state index in [9.17, 15) is 4.79 Å². The van der Waals surface area contributed by atoms with E-state index < -0.39 is 0 Å². The van der Waals surface area contributed by atoms with E-state index >= 15 is 0 Å². The molecule has 0 saturated heterocycles. The molecule has 0 aliphatic carbocycles. The van der Waals surface area contributed by atoms with Crippen molar-refractivity contribution in [1.82, 2.24) is 9.78 Å². The summed E-state index contributed by atoms with van der Waals surface area (Å²) >= 11 is 18.1. The Kier molecular flexibility index (Phi) is 7.23. The van der Waals surface area contributed by atoms with E-state index in [0.29, 0.717) is 39.6 Å². The summed E-state index contributed by atoms with van der Waals surface area (Å²) in [6, 6.07) is 19.9. The van der Waals surface area contributed by atoms with Crippen LogP contribution >= 0.6 is 34.8 Å². The minimum absolute atomic E-state index is 0.240. The normalized spacial score (nSPS) is 10.8. The third kappa shape index (κ3) is 6.08. The molecular formula is C25H20Cl3N3O2. The second-order valence-corrected chi connectivity index (χ2v) is 8.72. The summed E-state index contributed by atoms with van der Waals surface area (Å²) in [5, 5.41) is 8.91. The van der Waals surface area contributed by atoms with Gasteiger partial charge in [0.1, 0.15) is 12.4 Å². The van der Waals surface area contributed by atoms with Gasteiger partial charge < -0.3 is 10.1 Å². The van der Waals surface area contributed by atoms with Gasteiger partial charge in [0.2, 0.25) is 0 Å². The highest BCUT2D eigenvalue weighted by Gasteiger charge is 2.09. The number of hydrogen-bond acceptors (Lipinski definition) is 3. The number of benzene rings is 3. The van der Waals surface area contributed by atoms with Crippen LogP contribution in [0.3, 0.4) is 0 Å². The highest BCUT2D eigenvalue weighted by atomic mass is 35.5. The molecule has 33 heavy (non-hydrogen) atoms. The fraction of sp³-hybridized carbons (Fsp3) is 0.120. The van der Waals surface area contributed by atoms with Gasteiger partial charge in [0, 0.05) is 22.8 Å². The maximum atomic E-state index is 12.6. The number of anilines is 1. The Labute approximate surface area is 206 Å². The number of rotatable bonds is 7. The van der Waals surface area contributed by atoms with Gasteiger partial charge in [-0.05, 0) is 66.1 Å². The maximum absolute atomic E-state index is 12.6. The molecule has 8 heteroatoms. The molecule has 0 saturated carbocycles. The Bertz CT molecular complexity index is 1290. The van der Waals surface area contributed by atoms with Gasteiger partial charge in [0.15, 0.2) is 5.82 Å². The Hall–Kier alpha value is -2.99. The van der Waals surface area contributed by atoms with Gasteiger partial charge in [-0.3, -0.25) is 9.48 Å².